The molecule has 3 rings (SSSR count). The van der Waals surface area contributed by atoms with Gasteiger partial charge in [-0.15, -0.1) is 0 Å². The average Bonchev–Trinajstić information content (AvgIpc) is 3.06. The van der Waals surface area contributed by atoms with Gasteiger partial charge in [0, 0.05) is 24.3 Å². The fraction of sp³-hybridized carbons (Fsp3) is 0.391. The van der Waals surface area contributed by atoms with Crippen molar-refractivity contribution in [1.82, 2.24) is 0 Å². The van der Waals surface area contributed by atoms with Crippen molar-refractivity contribution in [3.8, 4) is 0 Å². The normalized spacial score (nSPS) is 17.9. The predicted molar refractivity (Wildman–Crippen MR) is 110 cm³/mol. The second kappa shape index (κ2) is 7.95. The highest BCUT2D eigenvalue weighted by atomic mass is 16.2. The number of carbonyl (C=O) groups is 2. The van der Waals surface area contributed by atoms with Crippen molar-refractivity contribution in [3.05, 3.63) is 59.2 Å². The highest BCUT2D eigenvalue weighted by Crippen LogP contribution is 2.28. The van der Waals surface area contributed by atoms with E-state index < -0.39 is 0 Å². The van der Waals surface area contributed by atoms with Crippen LogP contribution in [0.2, 0.25) is 0 Å². The number of anilines is 2. The van der Waals surface area contributed by atoms with Crippen LogP contribution in [0, 0.1) is 19.8 Å². The lowest BCUT2D eigenvalue weighted by Crippen LogP contribution is -2.28. The van der Waals surface area contributed by atoms with Gasteiger partial charge in [-0.05, 0) is 67.1 Å². The molecule has 2 aromatic rings. The van der Waals surface area contributed by atoms with Crippen LogP contribution in [0.15, 0.2) is 42.5 Å². The number of hydrogen-bond acceptors (Lipinski definition) is 2. The lowest BCUT2D eigenvalue weighted by atomic mass is 9.98. The quantitative estimate of drug-likeness (QED) is 0.828. The van der Waals surface area contributed by atoms with Crippen molar-refractivity contribution in [2.45, 2.75) is 46.5 Å². The molecule has 0 saturated carbocycles. The van der Waals surface area contributed by atoms with Gasteiger partial charge in [0.1, 0.15) is 0 Å². The molecule has 142 valence electrons. The maximum Gasteiger partial charge on any atom is 0.229 e. The highest BCUT2D eigenvalue weighted by Gasteiger charge is 2.35. The fourth-order valence-corrected chi connectivity index (χ4v) is 3.40. The molecule has 1 aliphatic rings. The van der Waals surface area contributed by atoms with Crippen molar-refractivity contribution in [2.24, 2.45) is 5.92 Å². The zero-order valence-electron chi connectivity index (χ0n) is 16.6. The summed E-state index contributed by atoms with van der Waals surface area (Å²) in [7, 11) is 0. The standard InChI is InChI=1S/C23H28N2O2/c1-5-15(2)18-7-9-20(10-8-18)24-23(27)19-13-22(26)25(14-19)21-11-6-16(3)17(4)12-21/h6-12,15,19H,5,13-14H2,1-4H3,(H,24,27)/t15-,19-/m0/s1. The van der Waals surface area contributed by atoms with Crippen LogP contribution in [0.25, 0.3) is 0 Å². The van der Waals surface area contributed by atoms with E-state index in [-0.39, 0.29) is 24.2 Å². The number of rotatable bonds is 5. The predicted octanol–water partition coefficient (Wildman–Crippen LogP) is 4.81. The molecule has 1 aliphatic heterocycles. The molecule has 2 atom stereocenters. The molecule has 0 aliphatic carbocycles. The van der Waals surface area contributed by atoms with Crippen LogP contribution in [0.1, 0.15) is 49.3 Å². The van der Waals surface area contributed by atoms with E-state index >= 15 is 0 Å². The maximum atomic E-state index is 12.6. The summed E-state index contributed by atoms with van der Waals surface area (Å²) in [4.78, 5) is 26.8. The van der Waals surface area contributed by atoms with Gasteiger partial charge in [-0.25, -0.2) is 0 Å². The van der Waals surface area contributed by atoms with Gasteiger partial charge in [-0.2, -0.15) is 0 Å². The van der Waals surface area contributed by atoms with Crippen molar-refractivity contribution in [3.63, 3.8) is 0 Å². The second-order valence-corrected chi connectivity index (χ2v) is 7.59. The van der Waals surface area contributed by atoms with E-state index in [1.807, 2.05) is 44.2 Å². The zero-order valence-corrected chi connectivity index (χ0v) is 16.6. The Balaban J connectivity index is 1.66. The number of amides is 2. The molecule has 0 spiro atoms. The molecule has 2 aromatic carbocycles. The van der Waals surface area contributed by atoms with Gasteiger partial charge in [0.05, 0.1) is 5.92 Å². The summed E-state index contributed by atoms with van der Waals surface area (Å²) >= 11 is 0. The molecule has 1 heterocycles. The first-order chi connectivity index (χ1) is 12.9. The Hall–Kier alpha value is -2.62. The van der Waals surface area contributed by atoms with E-state index in [4.69, 9.17) is 0 Å². The third kappa shape index (κ3) is 4.21. The van der Waals surface area contributed by atoms with Gasteiger partial charge in [-0.1, -0.05) is 32.0 Å². The number of carbonyl (C=O) groups excluding carboxylic acids is 2. The van der Waals surface area contributed by atoms with Gasteiger partial charge in [0.15, 0.2) is 0 Å². The Bertz CT molecular complexity index is 842. The van der Waals surface area contributed by atoms with E-state index in [0.717, 1.165) is 23.4 Å². The third-order valence-electron chi connectivity index (χ3n) is 5.66. The van der Waals surface area contributed by atoms with Crippen molar-refractivity contribution in [1.29, 1.82) is 0 Å². The molecule has 0 bridgehead atoms. The molecule has 4 heteroatoms. The number of benzene rings is 2. The van der Waals surface area contributed by atoms with E-state index in [0.29, 0.717) is 12.5 Å². The zero-order chi connectivity index (χ0) is 19.6. The van der Waals surface area contributed by atoms with Gasteiger partial charge in [0.2, 0.25) is 11.8 Å². The van der Waals surface area contributed by atoms with E-state index in [2.05, 4.69) is 31.3 Å². The third-order valence-corrected chi connectivity index (χ3v) is 5.66. The molecule has 0 unspecified atom stereocenters. The SMILES string of the molecule is CC[C@H](C)c1ccc(NC(=O)[C@H]2CC(=O)N(c3ccc(C)c(C)c3)C2)cc1. The lowest BCUT2D eigenvalue weighted by Gasteiger charge is -2.18. The molecule has 4 nitrogen and oxygen atoms in total. The van der Waals surface area contributed by atoms with E-state index in [1.54, 1.807) is 4.90 Å². The summed E-state index contributed by atoms with van der Waals surface area (Å²) in [6.07, 6.45) is 1.34. The van der Waals surface area contributed by atoms with E-state index in [9.17, 15) is 9.59 Å². The Morgan fingerprint density at radius 3 is 2.48 bits per heavy atom. The molecule has 27 heavy (non-hydrogen) atoms. The summed E-state index contributed by atoms with van der Waals surface area (Å²) in [6.45, 7) is 8.87. The van der Waals surface area contributed by atoms with Crippen LogP contribution >= 0.6 is 0 Å². The molecule has 1 saturated heterocycles. The molecule has 1 N–H and O–H groups in total. The Morgan fingerprint density at radius 2 is 1.85 bits per heavy atom. The summed E-state index contributed by atoms with van der Waals surface area (Å²) in [5.74, 6) is 0.0959. The van der Waals surface area contributed by atoms with Crippen molar-refractivity contribution < 1.29 is 9.59 Å². The smallest absolute Gasteiger partial charge is 0.229 e. The topological polar surface area (TPSA) is 49.4 Å². The van der Waals surface area contributed by atoms with Crippen LogP contribution in [-0.2, 0) is 9.59 Å². The number of nitrogens with zero attached hydrogens (tertiary/aromatic N) is 1. The monoisotopic (exact) mass is 364 g/mol. The first-order valence-corrected chi connectivity index (χ1v) is 9.67. The maximum absolute atomic E-state index is 12.6. The molecule has 0 aromatic heterocycles. The largest absolute Gasteiger partial charge is 0.326 e. The minimum absolute atomic E-state index is 0.00511. The highest BCUT2D eigenvalue weighted by molar-refractivity contribution is 6.03. The first-order valence-electron chi connectivity index (χ1n) is 9.67. The molecular formula is C23H28N2O2. The number of nitrogens with one attached hydrogen (secondary N) is 1. The lowest BCUT2D eigenvalue weighted by molar-refractivity contribution is -0.122. The summed E-state index contributed by atoms with van der Waals surface area (Å²) in [5.41, 5.74) is 5.27. The minimum Gasteiger partial charge on any atom is -0.326 e. The van der Waals surface area contributed by atoms with Crippen molar-refractivity contribution >= 4 is 23.2 Å². The number of aryl methyl sites for hydroxylation is 2. The average molecular weight is 364 g/mol. The van der Waals surface area contributed by atoms with Crippen LogP contribution in [0.4, 0.5) is 11.4 Å². The molecule has 1 fully saturated rings. The van der Waals surface area contributed by atoms with E-state index in [1.165, 1.54) is 11.1 Å². The first kappa shape index (κ1) is 19.2. The summed E-state index contributed by atoms with van der Waals surface area (Å²) in [6, 6.07) is 14.0. The summed E-state index contributed by atoms with van der Waals surface area (Å²) < 4.78 is 0. The molecule has 2 amide bonds. The summed E-state index contributed by atoms with van der Waals surface area (Å²) in [5, 5.41) is 2.96. The van der Waals surface area contributed by atoms with Gasteiger partial charge >= 0.3 is 0 Å². The van der Waals surface area contributed by atoms with Gasteiger partial charge in [0.25, 0.3) is 0 Å². The molecule has 0 radical (unpaired) electrons. The van der Waals surface area contributed by atoms with Crippen molar-refractivity contribution in [2.75, 3.05) is 16.8 Å². The van der Waals surface area contributed by atoms with Gasteiger partial charge in [-0.3, -0.25) is 9.59 Å². The Kier molecular flexibility index (Phi) is 5.64. The molecular weight excluding hydrogens is 336 g/mol. The van der Waals surface area contributed by atoms with Gasteiger partial charge < -0.3 is 10.2 Å². The second-order valence-electron chi connectivity index (χ2n) is 7.59. The van der Waals surface area contributed by atoms with Crippen LogP contribution in [0.5, 0.6) is 0 Å². The van der Waals surface area contributed by atoms with Crippen LogP contribution in [-0.4, -0.2) is 18.4 Å². The Labute approximate surface area is 161 Å². The minimum atomic E-state index is -0.326. The van der Waals surface area contributed by atoms with Crippen LogP contribution in [0.3, 0.4) is 0 Å². The Morgan fingerprint density at radius 1 is 1.15 bits per heavy atom. The number of hydrogen-bond donors (Lipinski definition) is 1. The fourth-order valence-electron chi connectivity index (χ4n) is 3.40. The van der Waals surface area contributed by atoms with Crippen LogP contribution < -0.4 is 10.2 Å².